The molecule has 0 N–H and O–H groups in total. The molecule has 1 saturated carbocycles. The number of alkyl halides is 2. The predicted octanol–water partition coefficient (Wildman–Crippen LogP) is 5.31. The SMILES string of the molecule is CC(F)(F)c1cccc(OCC/C=C/C2CCCC2)c1. The Bertz CT molecular complexity index is 443. The predicted molar refractivity (Wildman–Crippen MR) is 77.2 cm³/mol. The van der Waals surface area contributed by atoms with Crippen LogP contribution in [0, 0.1) is 5.92 Å². The van der Waals surface area contributed by atoms with Crippen molar-refractivity contribution in [2.75, 3.05) is 6.61 Å². The van der Waals surface area contributed by atoms with E-state index in [0.29, 0.717) is 12.4 Å². The zero-order valence-corrected chi connectivity index (χ0v) is 11.9. The Morgan fingerprint density at radius 3 is 2.75 bits per heavy atom. The van der Waals surface area contributed by atoms with Crippen LogP contribution in [0.2, 0.25) is 0 Å². The van der Waals surface area contributed by atoms with Crippen LogP contribution in [0.25, 0.3) is 0 Å². The molecule has 1 fully saturated rings. The molecular weight excluding hydrogens is 258 g/mol. The molecular formula is C17H22F2O. The van der Waals surface area contributed by atoms with Crippen molar-refractivity contribution in [2.24, 2.45) is 5.92 Å². The van der Waals surface area contributed by atoms with Gasteiger partial charge in [0.05, 0.1) is 6.61 Å². The average Bonchev–Trinajstić information content (AvgIpc) is 2.91. The molecule has 0 bridgehead atoms. The summed E-state index contributed by atoms with van der Waals surface area (Å²) in [6, 6.07) is 6.17. The Morgan fingerprint density at radius 1 is 1.30 bits per heavy atom. The molecule has 0 radical (unpaired) electrons. The maximum absolute atomic E-state index is 13.2. The maximum Gasteiger partial charge on any atom is 0.270 e. The van der Waals surface area contributed by atoms with Crippen LogP contribution >= 0.6 is 0 Å². The smallest absolute Gasteiger partial charge is 0.270 e. The molecule has 0 unspecified atom stereocenters. The molecule has 0 heterocycles. The Labute approximate surface area is 119 Å². The van der Waals surface area contributed by atoms with Gasteiger partial charge in [0.2, 0.25) is 0 Å². The molecule has 1 aliphatic carbocycles. The van der Waals surface area contributed by atoms with Crippen LogP contribution in [0.4, 0.5) is 8.78 Å². The zero-order chi connectivity index (χ0) is 14.4. The van der Waals surface area contributed by atoms with Crippen LogP contribution in [0.5, 0.6) is 5.75 Å². The van der Waals surface area contributed by atoms with Crippen molar-refractivity contribution in [3.8, 4) is 5.75 Å². The summed E-state index contributed by atoms with van der Waals surface area (Å²) in [5.41, 5.74) is -0.00324. The maximum atomic E-state index is 13.2. The number of halogens is 2. The van der Waals surface area contributed by atoms with Crippen molar-refractivity contribution in [1.82, 2.24) is 0 Å². The highest BCUT2D eigenvalue weighted by Gasteiger charge is 2.24. The topological polar surface area (TPSA) is 9.23 Å². The first-order chi connectivity index (χ1) is 9.55. The molecule has 3 heteroatoms. The Morgan fingerprint density at radius 2 is 2.05 bits per heavy atom. The molecule has 2 rings (SSSR count). The minimum absolute atomic E-state index is 0.00324. The molecule has 1 nitrogen and oxygen atoms in total. The standard InChI is InChI=1S/C17H22F2O/c1-17(18,19)15-10-6-11-16(13-15)20-12-5-4-9-14-7-2-3-8-14/h4,6,9-11,13-14H,2-3,5,7-8,12H2,1H3/b9-4+. The molecule has 20 heavy (non-hydrogen) atoms. The summed E-state index contributed by atoms with van der Waals surface area (Å²) in [4.78, 5) is 0. The summed E-state index contributed by atoms with van der Waals surface area (Å²) in [5.74, 6) is -1.57. The molecule has 1 aromatic carbocycles. The molecule has 110 valence electrons. The van der Waals surface area contributed by atoms with Gasteiger partial charge in [0.1, 0.15) is 5.75 Å². The minimum Gasteiger partial charge on any atom is -0.493 e. The normalized spacial score (nSPS) is 16.9. The Balaban J connectivity index is 1.76. The molecule has 0 saturated heterocycles. The van der Waals surface area contributed by atoms with E-state index < -0.39 is 5.92 Å². The number of allylic oxidation sites excluding steroid dienone is 1. The quantitative estimate of drug-likeness (QED) is 0.506. The lowest BCUT2D eigenvalue weighted by atomic mass is 10.1. The molecule has 0 aromatic heterocycles. The van der Waals surface area contributed by atoms with Crippen LogP contribution in [0.15, 0.2) is 36.4 Å². The third-order valence-corrected chi connectivity index (χ3v) is 3.70. The third-order valence-electron chi connectivity index (χ3n) is 3.70. The average molecular weight is 280 g/mol. The van der Waals surface area contributed by atoms with Crippen molar-refractivity contribution in [2.45, 2.75) is 45.0 Å². The molecule has 1 aliphatic rings. The monoisotopic (exact) mass is 280 g/mol. The molecule has 1 aromatic rings. The van der Waals surface area contributed by atoms with Crippen molar-refractivity contribution in [1.29, 1.82) is 0 Å². The first kappa shape index (κ1) is 15.0. The third kappa shape index (κ3) is 4.62. The molecule has 0 aliphatic heterocycles. The number of rotatable bonds is 6. The fraction of sp³-hybridized carbons (Fsp3) is 0.529. The van der Waals surface area contributed by atoms with Gasteiger partial charge >= 0.3 is 0 Å². The van der Waals surface area contributed by atoms with Crippen LogP contribution in [-0.4, -0.2) is 6.61 Å². The number of benzene rings is 1. The van der Waals surface area contributed by atoms with E-state index >= 15 is 0 Å². The van der Waals surface area contributed by atoms with Crippen LogP contribution in [0.3, 0.4) is 0 Å². The summed E-state index contributed by atoms with van der Waals surface area (Å²) >= 11 is 0. The summed E-state index contributed by atoms with van der Waals surface area (Å²) < 4.78 is 31.9. The first-order valence-corrected chi connectivity index (χ1v) is 7.33. The highest BCUT2D eigenvalue weighted by Crippen LogP contribution is 2.29. The Kier molecular flexibility index (Phi) is 5.16. The van der Waals surface area contributed by atoms with Gasteiger partial charge in [-0.3, -0.25) is 0 Å². The van der Waals surface area contributed by atoms with E-state index in [1.165, 1.54) is 37.8 Å². The van der Waals surface area contributed by atoms with E-state index in [1.54, 1.807) is 12.1 Å². The highest BCUT2D eigenvalue weighted by atomic mass is 19.3. The molecule has 0 amide bonds. The van der Waals surface area contributed by atoms with Gasteiger partial charge in [0.15, 0.2) is 0 Å². The highest BCUT2D eigenvalue weighted by molar-refractivity contribution is 5.30. The van der Waals surface area contributed by atoms with Gasteiger partial charge in [0.25, 0.3) is 5.92 Å². The van der Waals surface area contributed by atoms with E-state index in [9.17, 15) is 8.78 Å². The van der Waals surface area contributed by atoms with Crippen LogP contribution in [0.1, 0.15) is 44.6 Å². The van der Waals surface area contributed by atoms with Gasteiger partial charge in [-0.1, -0.05) is 37.1 Å². The lowest BCUT2D eigenvalue weighted by molar-refractivity contribution is 0.0172. The van der Waals surface area contributed by atoms with E-state index in [2.05, 4.69) is 12.2 Å². The molecule has 0 atom stereocenters. The zero-order valence-electron chi connectivity index (χ0n) is 11.9. The second kappa shape index (κ2) is 6.87. The second-order valence-electron chi connectivity index (χ2n) is 5.53. The van der Waals surface area contributed by atoms with Crippen LogP contribution in [-0.2, 0) is 5.92 Å². The van der Waals surface area contributed by atoms with E-state index in [-0.39, 0.29) is 5.56 Å². The van der Waals surface area contributed by atoms with Crippen molar-refractivity contribution in [3.05, 3.63) is 42.0 Å². The van der Waals surface area contributed by atoms with E-state index in [1.807, 2.05) is 0 Å². The number of hydrogen-bond acceptors (Lipinski definition) is 1. The van der Waals surface area contributed by atoms with Gasteiger partial charge in [-0.15, -0.1) is 0 Å². The van der Waals surface area contributed by atoms with Crippen molar-refractivity contribution >= 4 is 0 Å². The minimum atomic E-state index is -2.82. The lowest BCUT2D eigenvalue weighted by Gasteiger charge is -2.12. The van der Waals surface area contributed by atoms with Gasteiger partial charge in [0, 0.05) is 12.5 Å². The lowest BCUT2D eigenvalue weighted by Crippen LogP contribution is -2.07. The van der Waals surface area contributed by atoms with Crippen molar-refractivity contribution in [3.63, 3.8) is 0 Å². The van der Waals surface area contributed by atoms with Gasteiger partial charge in [-0.05, 0) is 37.3 Å². The summed E-state index contributed by atoms with van der Waals surface area (Å²) in [6.45, 7) is 1.43. The number of ether oxygens (including phenoxy) is 1. The largest absolute Gasteiger partial charge is 0.493 e. The molecule has 0 spiro atoms. The fourth-order valence-corrected chi connectivity index (χ4v) is 2.54. The summed E-state index contributed by atoms with van der Waals surface area (Å²) in [5, 5.41) is 0. The number of hydrogen-bond donors (Lipinski definition) is 0. The first-order valence-electron chi connectivity index (χ1n) is 7.33. The summed E-state index contributed by atoms with van der Waals surface area (Å²) in [6.07, 6.45) is 10.5. The van der Waals surface area contributed by atoms with E-state index in [4.69, 9.17) is 4.74 Å². The van der Waals surface area contributed by atoms with Gasteiger partial charge < -0.3 is 4.74 Å². The summed E-state index contributed by atoms with van der Waals surface area (Å²) in [7, 11) is 0. The van der Waals surface area contributed by atoms with Gasteiger partial charge in [-0.2, -0.15) is 0 Å². The van der Waals surface area contributed by atoms with E-state index in [0.717, 1.165) is 19.3 Å². The van der Waals surface area contributed by atoms with Gasteiger partial charge in [-0.25, -0.2) is 8.78 Å². The Hall–Kier alpha value is -1.38. The van der Waals surface area contributed by atoms with Crippen molar-refractivity contribution < 1.29 is 13.5 Å². The van der Waals surface area contributed by atoms with Crippen LogP contribution < -0.4 is 4.74 Å². The second-order valence-corrected chi connectivity index (χ2v) is 5.53. The fourth-order valence-electron chi connectivity index (χ4n) is 2.54.